The van der Waals surface area contributed by atoms with E-state index in [4.69, 9.17) is 0 Å². The van der Waals surface area contributed by atoms with Gasteiger partial charge in [-0.15, -0.1) is 0 Å². The molecule has 0 spiro atoms. The van der Waals surface area contributed by atoms with Crippen LogP contribution in [0.4, 0.5) is 0 Å². The Labute approximate surface area is 125 Å². The first-order valence-electron chi connectivity index (χ1n) is 7.61. The number of carbonyl (C=O) groups excluding carboxylic acids is 2. The van der Waals surface area contributed by atoms with Crippen molar-refractivity contribution in [3.8, 4) is 0 Å². The van der Waals surface area contributed by atoms with E-state index in [1.165, 1.54) is 6.42 Å². The third-order valence-corrected chi connectivity index (χ3v) is 4.93. The van der Waals surface area contributed by atoms with E-state index in [1.54, 1.807) is 0 Å². The number of thioether (sulfide) groups is 1. The van der Waals surface area contributed by atoms with Crippen molar-refractivity contribution in [1.29, 1.82) is 0 Å². The van der Waals surface area contributed by atoms with E-state index in [1.807, 2.05) is 16.7 Å². The number of piperidine rings is 1. The van der Waals surface area contributed by atoms with Gasteiger partial charge in [0.2, 0.25) is 11.8 Å². The molecule has 0 aromatic carbocycles. The highest BCUT2D eigenvalue weighted by molar-refractivity contribution is 7.99. The number of likely N-dealkylation sites (tertiary alicyclic amines) is 1. The van der Waals surface area contributed by atoms with Gasteiger partial charge in [-0.25, -0.2) is 0 Å². The molecule has 2 amide bonds. The van der Waals surface area contributed by atoms with Crippen LogP contribution in [-0.4, -0.2) is 60.4 Å². The molecule has 2 N–H and O–H groups in total. The van der Waals surface area contributed by atoms with Crippen LogP contribution in [0.2, 0.25) is 0 Å². The fourth-order valence-electron chi connectivity index (χ4n) is 2.66. The Morgan fingerprint density at radius 3 is 2.75 bits per heavy atom. The number of rotatable bonds is 5. The van der Waals surface area contributed by atoms with Crippen LogP contribution >= 0.6 is 11.8 Å². The van der Waals surface area contributed by atoms with Gasteiger partial charge in [-0.3, -0.25) is 9.59 Å². The third kappa shape index (κ3) is 5.32. The summed E-state index contributed by atoms with van der Waals surface area (Å²) in [5, 5.41) is 6.21. The first-order valence-corrected chi connectivity index (χ1v) is 8.77. The van der Waals surface area contributed by atoms with Crippen LogP contribution < -0.4 is 10.6 Å². The summed E-state index contributed by atoms with van der Waals surface area (Å²) in [7, 11) is 0. The Balaban J connectivity index is 1.57. The van der Waals surface area contributed by atoms with E-state index in [0.29, 0.717) is 19.4 Å². The molecule has 1 atom stereocenters. The van der Waals surface area contributed by atoms with Crippen LogP contribution in [0.25, 0.3) is 0 Å². The normalized spacial score (nSPS) is 23.4. The zero-order valence-electron chi connectivity index (χ0n) is 12.0. The predicted molar refractivity (Wildman–Crippen MR) is 81.8 cm³/mol. The van der Waals surface area contributed by atoms with E-state index < -0.39 is 0 Å². The Morgan fingerprint density at radius 2 is 2.05 bits per heavy atom. The Bertz CT molecular complexity index is 326. The quantitative estimate of drug-likeness (QED) is 0.780. The molecule has 2 fully saturated rings. The monoisotopic (exact) mass is 299 g/mol. The molecule has 0 saturated carbocycles. The van der Waals surface area contributed by atoms with Crippen molar-refractivity contribution in [3.63, 3.8) is 0 Å². The summed E-state index contributed by atoms with van der Waals surface area (Å²) in [6.07, 6.45) is 4.41. The summed E-state index contributed by atoms with van der Waals surface area (Å²) in [4.78, 5) is 25.6. The summed E-state index contributed by atoms with van der Waals surface area (Å²) in [6.45, 7) is 3.22. The second-order valence-corrected chi connectivity index (χ2v) is 6.62. The van der Waals surface area contributed by atoms with Crippen molar-refractivity contribution < 1.29 is 9.59 Å². The lowest BCUT2D eigenvalue weighted by Crippen LogP contribution is -2.42. The highest BCUT2D eigenvalue weighted by atomic mass is 32.2. The molecule has 5 nitrogen and oxygen atoms in total. The van der Waals surface area contributed by atoms with Gasteiger partial charge in [-0.1, -0.05) is 0 Å². The van der Waals surface area contributed by atoms with E-state index in [2.05, 4.69) is 10.6 Å². The third-order valence-electron chi connectivity index (χ3n) is 3.80. The molecule has 2 rings (SSSR count). The summed E-state index contributed by atoms with van der Waals surface area (Å²) < 4.78 is 0. The zero-order chi connectivity index (χ0) is 14.2. The molecule has 0 radical (unpaired) electrons. The summed E-state index contributed by atoms with van der Waals surface area (Å²) in [5.74, 6) is 2.36. The molecule has 1 unspecified atom stereocenters. The molecular formula is C14H25N3O2S. The maximum absolute atomic E-state index is 11.9. The average molecular weight is 299 g/mol. The van der Waals surface area contributed by atoms with E-state index >= 15 is 0 Å². The van der Waals surface area contributed by atoms with Crippen LogP contribution in [0.3, 0.4) is 0 Å². The van der Waals surface area contributed by atoms with E-state index in [0.717, 1.165) is 44.0 Å². The fraction of sp³-hybridized carbons (Fsp3) is 0.857. The van der Waals surface area contributed by atoms with Gasteiger partial charge in [0.1, 0.15) is 0 Å². The van der Waals surface area contributed by atoms with Crippen LogP contribution in [-0.2, 0) is 9.59 Å². The molecule has 2 saturated heterocycles. The van der Waals surface area contributed by atoms with Gasteiger partial charge in [-0.2, -0.15) is 11.8 Å². The molecule has 2 aliphatic rings. The number of amides is 2. The number of carbonyl (C=O) groups is 2. The van der Waals surface area contributed by atoms with Crippen LogP contribution in [0, 0.1) is 0 Å². The zero-order valence-corrected chi connectivity index (χ0v) is 12.8. The standard InChI is InChI=1S/C14H25N3O2S/c18-13(10-12-11-20-9-6-15-12)16-5-4-14(19)17-7-2-1-3-8-17/h12,15H,1-11H2,(H,16,18). The van der Waals surface area contributed by atoms with Gasteiger partial charge >= 0.3 is 0 Å². The highest BCUT2D eigenvalue weighted by Crippen LogP contribution is 2.11. The van der Waals surface area contributed by atoms with Gasteiger partial charge in [-0.05, 0) is 19.3 Å². The SMILES string of the molecule is O=C(CC1CSCCN1)NCCC(=O)N1CCCCC1. The summed E-state index contributed by atoms with van der Waals surface area (Å²) in [5.41, 5.74) is 0. The van der Waals surface area contributed by atoms with Crippen molar-refractivity contribution >= 4 is 23.6 Å². The molecule has 2 heterocycles. The molecule has 0 aromatic heterocycles. The molecule has 0 aliphatic carbocycles. The highest BCUT2D eigenvalue weighted by Gasteiger charge is 2.18. The lowest BCUT2D eigenvalue weighted by atomic mass is 10.1. The number of nitrogens with zero attached hydrogens (tertiary/aromatic N) is 1. The lowest BCUT2D eigenvalue weighted by Gasteiger charge is -2.26. The largest absolute Gasteiger partial charge is 0.356 e. The maximum atomic E-state index is 11.9. The van der Waals surface area contributed by atoms with Crippen molar-refractivity contribution in [2.24, 2.45) is 0 Å². The summed E-state index contributed by atoms with van der Waals surface area (Å²) in [6, 6.07) is 0.284. The summed E-state index contributed by atoms with van der Waals surface area (Å²) >= 11 is 1.89. The molecule has 20 heavy (non-hydrogen) atoms. The molecule has 0 aromatic rings. The van der Waals surface area contributed by atoms with Gasteiger partial charge < -0.3 is 15.5 Å². The van der Waals surface area contributed by atoms with Crippen molar-refractivity contribution in [2.75, 3.05) is 37.7 Å². The van der Waals surface area contributed by atoms with Gasteiger partial charge in [0.25, 0.3) is 0 Å². The number of hydrogen-bond acceptors (Lipinski definition) is 4. The second kappa shape index (κ2) is 8.52. The maximum Gasteiger partial charge on any atom is 0.224 e. The van der Waals surface area contributed by atoms with Crippen molar-refractivity contribution in [3.05, 3.63) is 0 Å². The fourth-order valence-corrected chi connectivity index (χ4v) is 3.61. The molecule has 6 heteroatoms. The Kier molecular flexibility index (Phi) is 6.66. The molecular weight excluding hydrogens is 274 g/mol. The Hall–Kier alpha value is -0.750. The van der Waals surface area contributed by atoms with Crippen molar-refractivity contribution in [2.45, 2.75) is 38.1 Å². The van der Waals surface area contributed by atoms with Crippen molar-refractivity contribution in [1.82, 2.24) is 15.5 Å². The topological polar surface area (TPSA) is 61.4 Å². The number of nitrogens with one attached hydrogen (secondary N) is 2. The minimum absolute atomic E-state index is 0.0523. The smallest absolute Gasteiger partial charge is 0.224 e. The second-order valence-electron chi connectivity index (χ2n) is 5.47. The molecule has 2 aliphatic heterocycles. The minimum atomic E-state index is 0.0523. The molecule has 114 valence electrons. The Morgan fingerprint density at radius 1 is 1.25 bits per heavy atom. The van der Waals surface area contributed by atoms with E-state index in [9.17, 15) is 9.59 Å². The van der Waals surface area contributed by atoms with Crippen LogP contribution in [0.5, 0.6) is 0 Å². The van der Waals surface area contributed by atoms with E-state index in [-0.39, 0.29) is 17.9 Å². The lowest BCUT2D eigenvalue weighted by molar-refractivity contribution is -0.132. The van der Waals surface area contributed by atoms with Crippen LogP contribution in [0.1, 0.15) is 32.1 Å². The molecule has 0 bridgehead atoms. The van der Waals surface area contributed by atoms with Crippen LogP contribution in [0.15, 0.2) is 0 Å². The predicted octanol–water partition coefficient (Wildman–Crippen LogP) is 0.600. The minimum Gasteiger partial charge on any atom is -0.356 e. The van der Waals surface area contributed by atoms with Gasteiger partial charge in [0.05, 0.1) is 0 Å². The number of hydrogen-bond donors (Lipinski definition) is 2. The van der Waals surface area contributed by atoms with Gasteiger partial charge in [0, 0.05) is 56.6 Å². The first-order chi connectivity index (χ1) is 9.75. The first kappa shape index (κ1) is 15.6. The van der Waals surface area contributed by atoms with Gasteiger partial charge in [0.15, 0.2) is 0 Å². The average Bonchev–Trinajstić information content (AvgIpc) is 2.49.